The molecule has 0 saturated carbocycles. The summed E-state index contributed by atoms with van der Waals surface area (Å²) in [6.45, 7) is 2.00. The lowest BCUT2D eigenvalue weighted by Crippen LogP contribution is -2.07. The van der Waals surface area contributed by atoms with Crippen molar-refractivity contribution in [3.05, 3.63) is 76.1 Å². The first kappa shape index (κ1) is 16.4. The molecule has 0 atom stereocenters. The molecule has 1 N–H and O–H groups in total. The number of thiazole rings is 1. The SMILES string of the molecule is Cc1sc(NC(=O)C=Cc2cccc(Cl)c2)nc1-c1ccccc1. The van der Waals surface area contributed by atoms with E-state index in [4.69, 9.17) is 11.6 Å². The van der Waals surface area contributed by atoms with Crippen LogP contribution in [0.2, 0.25) is 5.02 Å². The van der Waals surface area contributed by atoms with Gasteiger partial charge in [0.25, 0.3) is 0 Å². The summed E-state index contributed by atoms with van der Waals surface area (Å²) < 4.78 is 0. The van der Waals surface area contributed by atoms with Crippen molar-refractivity contribution in [1.29, 1.82) is 0 Å². The third kappa shape index (κ3) is 4.10. The fourth-order valence-corrected chi connectivity index (χ4v) is 3.28. The molecule has 0 fully saturated rings. The van der Waals surface area contributed by atoms with E-state index < -0.39 is 0 Å². The largest absolute Gasteiger partial charge is 0.298 e. The number of carbonyl (C=O) groups excluding carboxylic acids is 1. The second-order valence-electron chi connectivity index (χ2n) is 5.17. The number of rotatable bonds is 4. The van der Waals surface area contributed by atoms with Gasteiger partial charge in [0, 0.05) is 21.5 Å². The van der Waals surface area contributed by atoms with E-state index in [9.17, 15) is 4.79 Å². The van der Waals surface area contributed by atoms with Crippen molar-refractivity contribution in [3.63, 3.8) is 0 Å². The van der Waals surface area contributed by atoms with E-state index in [-0.39, 0.29) is 5.91 Å². The van der Waals surface area contributed by atoms with E-state index in [0.717, 1.165) is 21.7 Å². The van der Waals surface area contributed by atoms with Crippen LogP contribution in [0.5, 0.6) is 0 Å². The van der Waals surface area contributed by atoms with Gasteiger partial charge in [-0.1, -0.05) is 54.1 Å². The van der Waals surface area contributed by atoms with E-state index in [1.807, 2.05) is 49.4 Å². The first-order valence-corrected chi connectivity index (χ1v) is 8.59. The molecule has 0 unspecified atom stereocenters. The van der Waals surface area contributed by atoms with Crippen molar-refractivity contribution in [3.8, 4) is 11.3 Å². The molecule has 1 heterocycles. The van der Waals surface area contributed by atoms with Crippen LogP contribution in [0.15, 0.2) is 60.7 Å². The number of hydrogen-bond donors (Lipinski definition) is 1. The molecule has 3 nitrogen and oxygen atoms in total. The number of nitrogens with one attached hydrogen (secondary N) is 1. The van der Waals surface area contributed by atoms with Crippen LogP contribution in [0.4, 0.5) is 5.13 Å². The molecule has 0 aliphatic heterocycles. The van der Waals surface area contributed by atoms with Crippen molar-refractivity contribution >= 4 is 40.1 Å². The van der Waals surface area contributed by atoms with E-state index in [0.29, 0.717) is 10.2 Å². The van der Waals surface area contributed by atoms with Crippen molar-refractivity contribution in [2.24, 2.45) is 0 Å². The molecular formula is C19H15ClN2OS. The average molecular weight is 355 g/mol. The first-order chi connectivity index (χ1) is 11.6. The summed E-state index contributed by atoms with van der Waals surface area (Å²) in [4.78, 5) is 17.6. The van der Waals surface area contributed by atoms with Crippen molar-refractivity contribution in [2.75, 3.05) is 5.32 Å². The summed E-state index contributed by atoms with van der Waals surface area (Å²) >= 11 is 7.39. The molecule has 1 aromatic heterocycles. The number of halogens is 1. The zero-order valence-corrected chi connectivity index (χ0v) is 14.6. The third-order valence-corrected chi connectivity index (χ3v) is 4.47. The summed E-state index contributed by atoms with van der Waals surface area (Å²) in [6.07, 6.45) is 3.20. The summed E-state index contributed by atoms with van der Waals surface area (Å²) in [6, 6.07) is 17.2. The second kappa shape index (κ2) is 7.43. The first-order valence-electron chi connectivity index (χ1n) is 7.39. The van der Waals surface area contributed by atoms with Gasteiger partial charge in [-0.3, -0.25) is 10.1 Å². The highest BCUT2D eigenvalue weighted by molar-refractivity contribution is 7.16. The van der Waals surface area contributed by atoms with Crippen LogP contribution in [0, 0.1) is 6.92 Å². The van der Waals surface area contributed by atoms with Crippen LogP contribution >= 0.6 is 22.9 Å². The van der Waals surface area contributed by atoms with Gasteiger partial charge in [-0.05, 0) is 30.7 Å². The van der Waals surface area contributed by atoms with Gasteiger partial charge >= 0.3 is 0 Å². The lowest BCUT2D eigenvalue weighted by Gasteiger charge is -1.98. The fourth-order valence-electron chi connectivity index (χ4n) is 2.24. The maximum Gasteiger partial charge on any atom is 0.250 e. The molecule has 3 rings (SSSR count). The number of anilines is 1. The Bertz CT molecular complexity index is 887. The Balaban J connectivity index is 1.71. The zero-order chi connectivity index (χ0) is 16.9. The fraction of sp³-hybridized carbons (Fsp3) is 0.0526. The Hall–Kier alpha value is -2.43. The van der Waals surface area contributed by atoms with Crippen LogP contribution in [0.25, 0.3) is 17.3 Å². The number of carbonyl (C=O) groups is 1. The number of aromatic nitrogens is 1. The van der Waals surface area contributed by atoms with E-state index in [1.165, 1.54) is 17.4 Å². The molecule has 5 heteroatoms. The van der Waals surface area contributed by atoms with Crippen LogP contribution in [0.1, 0.15) is 10.4 Å². The van der Waals surface area contributed by atoms with Gasteiger partial charge in [-0.25, -0.2) is 4.98 Å². The van der Waals surface area contributed by atoms with E-state index >= 15 is 0 Å². The van der Waals surface area contributed by atoms with Crippen molar-refractivity contribution in [2.45, 2.75) is 6.92 Å². The van der Waals surface area contributed by atoms with Crippen molar-refractivity contribution in [1.82, 2.24) is 4.98 Å². The van der Waals surface area contributed by atoms with Gasteiger partial charge < -0.3 is 0 Å². The summed E-state index contributed by atoms with van der Waals surface area (Å²) in [5, 5.41) is 4.04. The van der Waals surface area contributed by atoms with Crippen LogP contribution in [0.3, 0.4) is 0 Å². The number of amides is 1. The van der Waals surface area contributed by atoms with Gasteiger partial charge in [0.2, 0.25) is 5.91 Å². The second-order valence-corrected chi connectivity index (χ2v) is 6.81. The standard InChI is InChI=1S/C19H15ClN2OS/c1-13-18(15-7-3-2-4-8-15)22-19(24-13)21-17(23)11-10-14-6-5-9-16(20)12-14/h2-12H,1H3,(H,21,22,23). The highest BCUT2D eigenvalue weighted by Crippen LogP contribution is 2.30. The molecule has 0 spiro atoms. The predicted octanol–water partition coefficient (Wildman–Crippen LogP) is 5.42. The molecule has 0 aliphatic rings. The molecule has 120 valence electrons. The Kier molecular flexibility index (Phi) is 5.08. The Morgan fingerprint density at radius 1 is 1.17 bits per heavy atom. The predicted molar refractivity (Wildman–Crippen MR) is 101 cm³/mol. The van der Waals surface area contributed by atoms with Gasteiger partial charge in [-0.15, -0.1) is 11.3 Å². The van der Waals surface area contributed by atoms with Gasteiger partial charge in [0.1, 0.15) is 0 Å². The normalized spacial score (nSPS) is 10.9. The Morgan fingerprint density at radius 2 is 1.96 bits per heavy atom. The van der Waals surface area contributed by atoms with Gasteiger partial charge in [0.15, 0.2) is 5.13 Å². The quantitative estimate of drug-likeness (QED) is 0.635. The summed E-state index contributed by atoms with van der Waals surface area (Å²) in [5.74, 6) is -0.219. The lowest BCUT2D eigenvalue weighted by atomic mass is 10.1. The molecule has 0 bridgehead atoms. The Labute approximate surface area is 149 Å². The minimum absolute atomic E-state index is 0.219. The van der Waals surface area contributed by atoms with Crippen LogP contribution in [-0.2, 0) is 4.79 Å². The molecule has 2 aromatic carbocycles. The number of aryl methyl sites for hydroxylation is 1. The highest BCUT2D eigenvalue weighted by atomic mass is 35.5. The zero-order valence-electron chi connectivity index (χ0n) is 13.0. The number of hydrogen-bond acceptors (Lipinski definition) is 3. The monoisotopic (exact) mass is 354 g/mol. The topological polar surface area (TPSA) is 42.0 Å². The van der Waals surface area contributed by atoms with Gasteiger partial charge in [0.05, 0.1) is 5.69 Å². The molecule has 0 saturated heterocycles. The summed E-state index contributed by atoms with van der Waals surface area (Å²) in [5.41, 5.74) is 2.81. The van der Waals surface area contributed by atoms with Crippen LogP contribution < -0.4 is 5.32 Å². The minimum Gasteiger partial charge on any atom is -0.298 e. The van der Waals surface area contributed by atoms with E-state index in [2.05, 4.69) is 10.3 Å². The molecule has 24 heavy (non-hydrogen) atoms. The highest BCUT2D eigenvalue weighted by Gasteiger charge is 2.10. The number of benzene rings is 2. The van der Waals surface area contributed by atoms with Crippen molar-refractivity contribution < 1.29 is 4.79 Å². The lowest BCUT2D eigenvalue weighted by molar-refractivity contribution is -0.111. The van der Waals surface area contributed by atoms with Gasteiger partial charge in [-0.2, -0.15) is 0 Å². The maximum atomic E-state index is 12.1. The summed E-state index contributed by atoms with van der Waals surface area (Å²) in [7, 11) is 0. The maximum absolute atomic E-state index is 12.1. The Morgan fingerprint density at radius 3 is 2.71 bits per heavy atom. The van der Waals surface area contributed by atoms with E-state index in [1.54, 1.807) is 18.2 Å². The molecule has 0 radical (unpaired) electrons. The molecular weight excluding hydrogens is 340 g/mol. The smallest absolute Gasteiger partial charge is 0.250 e. The average Bonchev–Trinajstić information content (AvgIpc) is 2.94. The molecule has 3 aromatic rings. The molecule has 1 amide bonds. The number of nitrogens with zero attached hydrogens (tertiary/aromatic N) is 1. The third-order valence-electron chi connectivity index (χ3n) is 3.35. The minimum atomic E-state index is -0.219. The molecule has 0 aliphatic carbocycles. The van der Waals surface area contributed by atoms with Crippen LogP contribution in [-0.4, -0.2) is 10.9 Å².